The third-order valence-electron chi connectivity index (χ3n) is 3.10. The number of hydrogen-bond donors (Lipinski definition) is 1. The van der Waals surface area contributed by atoms with E-state index in [0.29, 0.717) is 12.8 Å². The van der Waals surface area contributed by atoms with Gasteiger partial charge in [0.25, 0.3) is 5.91 Å². The Kier molecular flexibility index (Phi) is 4.07. The van der Waals surface area contributed by atoms with Crippen LogP contribution in [0.5, 0.6) is 0 Å². The molecule has 0 unspecified atom stereocenters. The van der Waals surface area contributed by atoms with Gasteiger partial charge in [-0.25, -0.2) is 0 Å². The fraction of sp³-hybridized carbons (Fsp3) is 0.133. The van der Waals surface area contributed by atoms with Crippen molar-refractivity contribution in [1.82, 2.24) is 14.8 Å². The summed E-state index contributed by atoms with van der Waals surface area (Å²) in [6.45, 7) is 0.464. The van der Waals surface area contributed by atoms with E-state index < -0.39 is 23.8 Å². The molecular weight excluding hydrogens is 325 g/mol. The molecule has 0 radical (unpaired) electrons. The number of carbonyl (C=O) groups is 1. The number of nitrogens with one attached hydrogen (secondary N) is 1. The maximum atomic E-state index is 12.4. The van der Waals surface area contributed by atoms with E-state index >= 15 is 0 Å². The third-order valence-corrected chi connectivity index (χ3v) is 3.10. The van der Waals surface area contributed by atoms with Gasteiger partial charge in [-0.1, -0.05) is 30.3 Å². The zero-order chi connectivity index (χ0) is 17.2. The number of benzene rings is 1. The lowest BCUT2D eigenvalue weighted by atomic mass is 10.2. The molecule has 1 N–H and O–H groups in total. The summed E-state index contributed by atoms with van der Waals surface area (Å²) in [5, 5.41) is 6.20. The number of anilines is 1. The predicted molar refractivity (Wildman–Crippen MR) is 77.2 cm³/mol. The Balaban J connectivity index is 1.67. The highest BCUT2D eigenvalue weighted by Gasteiger charge is 2.35. The maximum absolute atomic E-state index is 12.4. The van der Waals surface area contributed by atoms with Gasteiger partial charge in [-0.2, -0.15) is 23.3 Å². The lowest BCUT2D eigenvalue weighted by molar-refractivity contribution is -0.141. The average Bonchev–Trinajstić information content (AvgIpc) is 3.17. The second-order valence-electron chi connectivity index (χ2n) is 4.90. The zero-order valence-corrected chi connectivity index (χ0v) is 12.1. The molecule has 0 fully saturated rings. The lowest BCUT2D eigenvalue weighted by Gasteiger charge is -2.01. The fourth-order valence-corrected chi connectivity index (χ4v) is 1.97. The molecule has 24 heavy (non-hydrogen) atoms. The van der Waals surface area contributed by atoms with Gasteiger partial charge in [0, 0.05) is 6.20 Å². The number of carbonyl (C=O) groups excluding carboxylic acids is 1. The number of nitrogens with zero attached hydrogens (tertiary/aromatic N) is 3. The molecule has 2 aromatic heterocycles. The van der Waals surface area contributed by atoms with Gasteiger partial charge in [-0.3, -0.25) is 14.8 Å². The molecule has 1 amide bonds. The Morgan fingerprint density at radius 3 is 2.67 bits per heavy atom. The molecule has 0 saturated carbocycles. The minimum absolute atomic E-state index is 0.178. The molecule has 2 heterocycles. The second-order valence-corrected chi connectivity index (χ2v) is 4.90. The molecule has 0 atom stereocenters. The van der Waals surface area contributed by atoms with Crippen LogP contribution in [0.1, 0.15) is 21.6 Å². The van der Waals surface area contributed by atoms with E-state index in [1.165, 1.54) is 12.4 Å². The van der Waals surface area contributed by atoms with Crippen molar-refractivity contribution in [2.24, 2.45) is 0 Å². The molecule has 6 nitrogen and oxygen atoms in total. The van der Waals surface area contributed by atoms with Crippen LogP contribution in [0.3, 0.4) is 0 Å². The molecule has 1 aromatic carbocycles. The van der Waals surface area contributed by atoms with E-state index in [9.17, 15) is 18.0 Å². The molecule has 3 aromatic rings. The Hall–Kier alpha value is -3.10. The van der Waals surface area contributed by atoms with E-state index in [2.05, 4.69) is 19.8 Å². The van der Waals surface area contributed by atoms with Crippen LogP contribution >= 0.6 is 0 Å². The number of aromatic nitrogens is 3. The van der Waals surface area contributed by atoms with E-state index in [0.717, 1.165) is 5.56 Å². The Bertz CT molecular complexity index is 840. The van der Waals surface area contributed by atoms with E-state index in [4.69, 9.17) is 0 Å². The summed E-state index contributed by atoms with van der Waals surface area (Å²) in [5.41, 5.74) is -0.0367. The summed E-state index contributed by atoms with van der Waals surface area (Å²) in [4.78, 5) is 15.2. The largest absolute Gasteiger partial charge is 0.436 e. The van der Waals surface area contributed by atoms with Crippen molar-refractivity contribution in [3.05, 3.63) is 65.8 Å². The van der Waals surface area contributed by atoms with Crippen molar-refractivity contribution in [1.29, 1.82) is 0 Å². The molecule has 0 bridgehead atoms. The summed E-state index contributed by atoms with van der Waals surface area (Å²) < 4.78 is 43.4. The summed E-state index contributed by atoms with van der Waals surface area (Å²) in [6.07, 6.45) is -1.40. The number of rotatable bonds is 4. The Morgan fingerprint density at radius 1 is 1.25 bits per heavy atom. The minimum atomic E-state index is -4.63. The van der Waals surface area contributed by atoms with E-state index in [-0.39, 0.29) is 5.56 Å². The standard InChI is InChI=1S/C15H11F3N4O2/c16-15(17,18)12-9-24-14(20-12)21-13(23)11-6-19-22(8-11)7-10-4-2-1-3-5-10/h1-6,8-9H,7H2,(H,20,21,23). The van der Waals surface area contributed by atoms with Crippen molar-refractivity contribution >= 4 is 11.9 Å². The van der Waals surface area contributed by atoms with Crippen LogP contribution in [0.4, 0.5) is 19.2 Å². The van der Waals surface area contributed by atoms with Crippen molar-refractivity contribution in [3.8, 4) is 0 Å². The SMILES string of the molecule is O=C(Nc1nc(C(F)(F)F)co1)c1cnn(Cc2ccccc2)c1. The van der Waals surface area contributed by atoms with E-state index in [1.54, 1.807) is 4.68 Å². The average molecular weight is 336 g/mol. The van der Waals surface area contributed by atoms with Gasteiger partial charge in [0.1, 0.15) is 6.26 Å². The van der Waals surface area contributed by atoms with Crippen molar-refractivity contribution in [3.63, 3.8) is 0 Å². The van der Waals surface area contributed by atoms with Crippen LogP contribution in [0.25, 0.3) is 0 Å². The van der Waals surface area contributed by atoms with Gasteiger partial charge in [-0.05, 0) is 5.56 Å². The van der Waals surface area contributed by atoms with Crippen LogP contribution in [0.15, 0.2) is 53.4 Å². The quantitative estimate of drug-likeness (QED) is 0.794. The first kappa shape index (κ1) is 15.8. The molecule has 0 aliphatic rings. The lowest BCUT2D eigenvalue weighted by Crippen LogP contribution is -2.12. The van der Waals surface area contributed by atoms with Gasteiger partial charge >= 0.3 is 12.2 Å². The molecular formula is C15H11F3N4O2. The van der Waals surface area contributed by atoms with Crippen LogP contribution in [0.2, 0.25) is 0 Å². The topological polar surface area (TPSA) is 73.0 Å². The number of oxazole rings is 1. The van der Waals surface area contributed by atoms with Gasteiger partial charge in [0.05, 0.1) is 18.3 Å². The molecule has 0 aliphatic heterocycles. The summed E-state index contributed by atoms with van der Waals surface area (Å²) in [5.74, 6) is -0.662. The van der Waals surface area contributed by atoms with Crippen LogP contribution in [-0.2, 0) is 12.7 Å². The normalized spacial score (nSPS) is 11.5. The summed E-state index contributed by atoms with van der Waals surface area (Å²) in [6, 6.07) is 8.94. The van der Waals surface area contributed by atoms with Crippen LogP contribution in [0, 0.1) is 0 Å². The minimum Gasteiger partial charge on any atom is -0.431 e. The molecule has 0 spiro atoms. The smallest absolute Gasteiger partial charge is 0.431 e. The van der Waals surface area contributed by atoms with Crippen molar-refractivity contribution in [2.45, 2.75) is 12.7 Å². The molecule has 124 valence electrons. The molecule has 9 heteroatoms. The van der Waals surface area contributed by atoms with Crippen molar-refractivity contribution < 1.29 is 22.4 Å². The Morgan fingerprint density at radius 2 is 2.00 bits per heavy atom. The number of hydrogen-bond acceptors (Lipinski definition) is 4. The maximum Gasteiger partial charge on any atom is 0.436 e. The first-order valence-electron chi connectivity index (χ1n) is 6.82. The second kappa shape index (κ2) is 6.19. The summed E-state index contributed by atoms with van der Waals surface area (Å²) in [7, 11) is 0. The van der Waals surface area contributed by atoms with Crippen LogP contribution < -0.4 is 5.32 Å². The van der Waals surface area contributed by atoms with Crippen molar-refractivity contribution in [2.75, 3.05) is 5.32 Å². The van der Waals surface area contributed by atoms with Gasteiger partial charge in [-0.15, -0.1) is 0 Å². The van der Waals surface area contributed by atoms with Gasteiger partial charge in [0.2, 0.25) is 0 Å². The molecule has 0 aliphatic carbocycles. The first-order chi connectivity index (χ1) is 11.4. The highest BCUT2D eigenvalue weighted by Crippen LogP contribution is 2.29. The number of amides is 1. The number of alkyl halides is 3. The van der Waals surface area contributed by atoms with Gasteiger partial charge < -0.3 is 4.42 Å². The van der Waals surface area contributed by atoms with Crippen LogP contribution in [-0.4, -0.2) is 20.7 Å². The predicted octanol–water partition coefficient (Wildman–Crippen LogP) is 3.19. The number of halogens is 3. The fourth-order valence-electron chi connectivity index (χ4n) is 1.97. The highest BCUT2D eigenvalue weighted by atomic mass is 19.4. The highest BCUT2D eigenvalue weighted by molar-refractivity contribution is 6.02. The Labute approximate surface area is 133 Å². The van der Waals surface area contributed by atoms with E-state index in [1.807, 2.05) is 30.3 Å². The molecule has 3 rings (SSSR count). The first-order valence-corrected chi connectivity index (χ1v) is 6.82. The summed E-state index contributed by atoms with van der Waals surface area (Å²) >= 11 is 0. The third kappa shape index (κ3) is 3.62. The monoisotopic (exact) mass is 336 g/mol. The van der Waals surface area contributed by atoms with Gasteiger partial charge in [0.15, 0.2) is 5.69 Å². The molecule has 0 saturated heterocycles. The zero-order valence-electron chi connectivity index (χ0n) is 12.1.